The van der Waals surface area contributed by atoms with E-state index in [1.807, 2.05) is 0 Å². The van der Waals surface area contributed by atoms with E-state index >= 15 is 0 Å². The van der Waals surface area contributed by atoms with E-state index in [-0.39, 0.29) is 12.4 Å². The second-order valence-corrected chi connectivity index (χ2v) is 7.08. The molecule has 172 valence electrons. The smallest absolute Gasteiger partial charge is 0.384 e. The van der Waals surface area contributed by atoms with Crippen molar-refractivity contribution in [2.24, 2.45) is 0 Å². The fourth-order valence-corrected chi connectivity index (χ4v) is 3.16. The van der Waals surface area contributed by atoms with Crippen LogP contribution >= 0.6 is 0 Å². The lowest BCUT2D eigenvalue weighted by atomic mass is 9.67. The van der Waals surface area contributed by atoms with Crippen LogP contribution in [0.25, 0.3) is 0 Å². The van der Waals surface area contributed by atoms with Crippen molar-refractivity contribution in [3.8, 4) is 5.75 Å². The third kappa shape index (κ3) is 2.79. The van der Waals surface area contributed by atoms with E-state index in [9.17, 15) is 53.4 Å². The first-order valence-corrected chi connectivity index (χ1v) is 8.28. The van der Waals surface area contributed by atoms with Gasteiger partial charge in [0.2, 0.25) is 0 Å². The molecule has 1 saturated carbocycles. The summed E-state index contributed by atoms with van der Waals surface area (Å²) < 4.78 is 157. The van der Waals surface area contributed by atoms with Gasteiger partial charge in [0, 0.05) is 6.42 Å². The van der Waals surface area contributed by atoms with Gasteiger partial charge in [-0.05, 0) is 31.5 Å². The van der Waals surface area contributed by atoms with Crippen molar-refractivity contribution in [2.75, 3.05) is 6.61 Å². The van der Waals surface area contributed by atoms with Gasteiger partial charge in [0.1, 0.15) is 5.75 Å². The maximum atomic E-state index is 14.9. The molecule has 2 nitrogen and oxygen atoms in total. The number of halogens is 11. The van der Waals surface area contributed by atoms with Gasteiger partial charge >= 0.3 is 29.6 Å². The highest BCUT2D eigenvalue weighted by molar-refractivity contribution is 5.33. The maximum Gasteiger partial charge on any atom is 0.384 e. The Bertz CT molecular complexity index is 757. The van der Waals surface area contributed by atoms with Gasteiger partial charge < -0.3 is 9.84 Å². The molecule has 0 heterocycles. The van der Waals surface area contributed by atoms with Crippen molar-refractivity contribution >= 4 is 0 Å². The van der Waals surface area contributed by atoms with E-state index < -0.39 is 52.9 Å². The van der Waals surface area contributed by atoms with Gasteiger partial charge in [-0.15, -0.1) is 0 Å². The summed E-state index contributed by atoms with van der Waals surface area (Å²) in [5.41, 5.74) is -10.1. The third-order valence-electron chi connectivity index (χ3n) is 4.95. The third-order valence-corrected chi connectivity index (χ3v) is 4.95. The molecule has 1 unspecified atom stereocenters. The summed E-state index contributed by atoms with van der Waals surface area (Å²) in [7, 11) is 0. The summed E-state index contributed by atoms with van der Waals surface area (Å²) in [5, 5.41) is 10.2. The Morgan fingerprint density at radius 1 is 0.733 bits per heavy atom. The summed E-state index contributed by atoms with van der Waals surface area (Å²) in [5.74, 6) is -35.5. The molecular weight excluding hydrogens is 445 g/mol. The van der Waals surface area contributed by atoms with E-state index in [1.165, 1.54) is 0 Å². The lowest BCUT2D eigenvalue weighted by Gasteiger charge is -2.53. The first-order chi connectivity index (χ1) is 13.2. The Labute approximate surface area is 162 Å². The van der Waals surface area contributed by atoms with E-state index in [4.69, 9.17) is 4.74 Å². The molecule has 0 bridgehead atoms. The molecule has 2 rings (SSSR count). The minimum absolute atomic E-state index is 0.123. The van der Waals surface area contributed by atoms with Gasteiger partial charge in [0.15, 0.2) is 0 Å². The van der Waals surface area contributed by atoms with Crippen LogP contribution in [-0.2, 0) is 5.60 Å². The van der Waals surface area contributed by atoms with Crippen LogP contribution in [0.5, 0.6) is 5.75 Å². The van der Waals surface area contributed by atoms with Gasteiger partial charge in [0.25, 0.3) is 5.67 Å². The molecule has 0 aliphatic heterocycles. The number of hydrogen-bond donors (Lipinski definition) is 1. The summed E-state index contributed by atoms with van der Waals surface area (Å²) in [6.45, 7) is 2.12. The molecular formula is C17H15F11O2. The van der Waals surface area contributed by atoms with Crippen LogP contribution in [0.4, 0.5) is 48.3 Å². The summed E-state index contributed by atoms with van der Waals surface area (Å²) in [4.78, 5) is 0. The van der Waals surface area contributed by atoms with Gasteiger partial charge in [-0.25, -0.2) is 4.39 Å². The highest BCUT2D eigenvalue weighted by atomic mass is 19.4. The standard InChI is InChI=1S/C17H15F11O2/c1-3-30-10-6-4-9(5-7-10)11(2,29)8-12(18)13(19,20)15(23,24)17(27,28)16(25,26)14(12,21)22/h4-7,29H,3,8H2,1-2H3. The van der Waals surface area contributed by atoms with Crippen molar-refractivity contribution in [3.05, 3.63) is 29.8 Å². The normalized spacial score (nSPS) is 27.1. The van der Waals surface area contributed by atoms with Gasteiger partial charge in [0.05, 0.1) is 12.2 Å². The average molecular weight is 460 g/mol. The van der Waals surface area contributed by atoms with Gasteiger partial charge in [-0.3, -0.25) is 0 Å². The zero-order valence-corrected chi connectivity index (χ0v) is 15.2. The van der Waals surface area contributed by atoms with Crippen molar-refractivity contribution < 1.29 is 58.1 Å². The molecule has 0 spiro atoms. The predicted molar refractivity (Wildman–Crippen MR) is 80.4 cm³/mol. The highest BCUT2D eigenvalue weighted by Crippen LogP contribution is 2.71. The molecule has 1 aromatic carbocycles. The van der Waals surface area contributed by atoms with E-state index in [0.717, 1.165) is 24.3 Å². The predicted octanol–water partition coefficient (Wildman–Crippen LogP) is 5.58. The van der Waals surface area contributed by atoms with Crippen molar-refractivity contribution in [1.29, 1.82) is 0 Å². The Kier molecular flexibility index (Phi) is 5.39. The van der Waals surface area contributed by atoms with Crippen LogP contribution < -0.4 is 4.74 Å². The largest absolute Gasteiger partial charge is 0.494 e. The molecule has 1 fully saturated rings. The highest BCUT2D eigenvalue weighted by Gasteiger charge is 3.01. The topological polar surface area (TPSA) is 29.5 Å². The molecule has 1 aliphatic rings. The number of rotatable bonds is 5. The second kappa shape index (κ2) is 6.60. The van der Waals surface area contributed by atoms with E-state index in [1.54, 1.807) is 6.92 Å². The lowest BCUT2D eigenvalue weighted by Crippen LogP contribution is -2.84. The van der Waals surface area contributed by atoms with Crippen LogP contribution in [-0.4, -0.2) is 47.0 Å². The lowest BCUT2D eigenvalue weighted by molar-refractivity contribution is -0.488. The zero-order chi connectivity index (χ0) is 23.6. The minimum atomic E-state index is -7.28. The zero-order valence-electron chi connectivity index (χ0n) is 15.2. The average Bonchev–Trinajstić information content (AvgIpc) is 2.60. The van der Waals surface area contributed by atoms with E-state index in [2.05, 4.69) is 0 Å². The Morgan fingerprint density at radius 2 is 1.10 bits per heavy atom. The van der Waals surface area contributed by atoms with Crippen molar-refractivity contribution in [1.82, 2.24) is 0 Å². The molecule has 0 aromatic heterocycles. The van der Waals surface area contributed by atoms with Crippen molar-refractivity contribution in [2.45, 2.75) is 61.2 Å². The van der Waals surface area contributed by atoms with Gasteiger partial charge in [-0.1, -0.05) is 12.1 Å². The summed E-state index contributed by atoms with van der Waals surface area (Å²) in [6, 6.07) is 3.82. The quantitative estimate of drug-likeness (QED) is 0.582. The number of alkyl halides is 11. The number of aliphatic hydroxyl groups is 1. The molecule has 1 atom stereocenters. The maximum absolute atomic E-state index is 14.9. The fourth-order valence-electron chi connectivity index (χ4n) is 3.16. The van der Waals surface area contributed by atoms with Gasteiger partial charge in [-0.2, -0.15) is 43.9 Å². The molecule has 30 heavy (non-hydrogen) atoms. The molecule has 1 aliphatic carbocycles. The van der Waals surface area contributed by atoms with Crippen molar-refractivity contribution in [3.63, 3.8) is 0 Å². The molecule has 0 amide bonds. The molecule has 0 saturated heterocycles. The Morgan fingerprint density at radius 3 is 1.47 bits per heavy atom. The van der Waals surface area contributed by atoms with Crippen LogP contribution in [0.3, 0.4) is 0 Å². The first kappa shape index (κ1) is 24.5. The molecule has 0 radical (unpaired) electrons. The van der Waals surface area contributed by atoms with Crippen LogP contribution in [0.1, 0.15) is 25.8 Å². The molecule has 1 N–H and O–H groups in total. The first-order valence-electron chi connectivity index (χ1n) is 8.28. The van der Waals surface area contributed by atoms with E-state index in [0.29, 0.717) is 6.92 Å². The Balaban J connectivity index is 2.62. The second-order valence-electron chi connectivity index (χ2n) is 7.08. The van der Waals surface area contributed by atoms with Crippen LogP contribution in [0.15, 0.2) is 24.3 Å². The Hall–Kier alpha value is -1.79. The minimum Gasteiger partial charge on any atom is -0.494 e. The fraction of sp³-hybridized carbons (Fsp3) is 0.647. The molecule has 1 aromatic rings. The molecule has 13 heteroatoms. The number of benzene rings is 1. The summed E-state index contributed by atoms with van der Waals surface area (Å²) in [6.07, 6.45) is -2.75. The van der Waals surface area contributed by atoms with Crippen LogP contribution in [0, 0.1) is 0 Å². The number of ether oxygens (including phenoxy) is 1. The monoisotopic (exact) mass is 460 g/mol. The number of hydrogen-bond acceptors (Lipinski definition) is 2. The summed E-state index contributed by atoms with van der Waals surface area (Å²) >= 11 is 0. The van der Waals surface area contributed by atoms with Crippen LogP contribution in [0.2, 0.25) is 0 Å². The SMILES string of the molecule is CCOc1ccc(C(C)(O)CC2(F)C(F)(F)C(F)(F)C(F)(F)C(F)(F)C2(F)F)cc1.